The maximum atomic E-state index is 14.0. The Bertz CT molecular complexity index is 1170. The zero-order chi connectivity index (χ0) is 25.2. The number of likely N-dealkylation sites (tertiary alicyclic amines) is 1. The normalized spacial score (nSPS) is 19.0. The number of H-pyrrole nitrogens is 1. The number of ether oxygens (including phenoxy) is 1. The van der Waals surface area contributed by atoms with E-state index >= 15 is 0 Å². The molecule has 9 heteroatoms. The van der Waals surface area contributed by atoms with Gasteiger partial charge in [0.05, 0.1) is 35.4 Å². The molecule has 6 nitrogen and oxygen atoms in total. The van der Waals surface area contributed by atoms with Gasteiger partial charge in [-0.15, -0.1) is 0 Å². The first kappa shape index (κ1) is 25.0. The lowest BCUT2D eigenvalue weighted by Crippen LogP contribution is -2.38. The number of carbonyl (C=O) groups excluding carboxylic acids is 1. The van der Waals surface area contributed by atoms with Crippen LogP contribution in [0, 0.1) is 0 Å². The van der Waals surface area contributed by atoms with Crippen molar-refractivity contribution >= 4 is 11.7 Å². The first-order chi connectivity index (χ1) is 16.7. The minimum atomic E-state index is -4.65. The van der Waals surface area contributed by atoms with Crippen LogP contribution in [0.4, 0.5) is 18.9 Å². The van der Waals surface area contributed by atoms with E-state index < -0.39 is 29.2 Å². The number of allylic oxidation sites excluding steroid dienone is 1. The number of piperidine rings is 1. The molecule has 35 heavy (non-hydrogen) atoms. The number of hydrogen-bond donors (Lipinski definition) is 1. The summed E-state index contributed by atoms with van der Waals surface area (Å²) in [7, 11) is 1.20. The molecule has 1 N–H and O–H groups in total. The van der Waals surface area contributed by atoms with Gasteiger partial charge in [-0.25, -0.2) is 4.79 Å². The van der Waals surface area contributed by atoms with E-state index in [1.165, 1.54) is 50.8 Å². The van der Waals surface area contributed by atoms with Crippen LogP contribution >= 0.6 is 0 Å². The van der Waals surface area contributed by atoms with Crippen molar-refractivity contribution in [3.63, 3.8) is 0 Å². The second-order valence-corrected chi connectivity index (χ2v) is 9.02. The first-order valence-corrected chi connectivity index (χ1v) is 11.9. The van der Waals surface area contributed by atoms with E-state index in [9.17, 15) is 22.8 Å². The summed E-state index contributed by atoms with van der Waals surface area (Å²) in [5.74, 6) is -1.96. The van der Waals surface area contributed by atoms with Gasteiger partial charge in [0.15, 0.2) is 0 Å². The number of pyridine rings is 1. The van der Waals surface area contributed by atoms with Crippen molar-refractivity contribution < 1.29 is 22.7 Å². The standard InChI is InChI=1S/C26H30F3N3O3/c1-17-21(25(34)35-2)22(18-9-4-5-10-19(18)26(27,28)29)23-20(11-12-30-24(23)33)32(17)16-8-15-31-13-6-3-7-14-31/h4-5,9-12,22H,3,6-8,13-16H2,1-2H3,(H,30,33). The number of aromatic amines is 1. The van der Waals surface area contributed by atoms with Crippen LogP contribution in [0.1, 0.15) is 55.2 Å². The van der Waals surface area contributed by atoms with Gasteiger partial charge in [0, 0.05) is 18.4 Å². The monoisotopic (exact) mass is 489 g/mol. The molecule has 0 saturated carbocycles. The van der Waals surface area contributed by atoms with Crippen LogP contribution in [0.15, 0.2) is 52.6 Å². The van der Waals surface area contributed by atoms with E-state index in [1.54, 1.807) is 13.0 Å². The van der Waals surface area contributed by atoms with E-state index in [2.05, 4.69) is 9.88 Å². The lowest BCUT2D eigenvalue weighted by Gasteiger charge is -2.38. The molecular formula is C26H30F3N3O3. The summed E-state index contributed by atoms with van der Waals surface area (Å²) in [6, 6.07) is 6.77. The Labute approximate surface area is 202 Å². The Morgan fingerprint density at radius 3 is 2.51 bits per heavy atom. The molecule has 1 unspecified atom stereocenters. The fraction of sp³-hybridized carbons (Fsp3) is 0.462. The highest BCUT2D eigenvalue weighted by Crippen LogP contribution is 2.46. The Morgan fingerprint density at radius 1 is 1.11 bits per heavy atom. The highest BCUT2D eigenvalue weighted by molar-refractivity contribution is 5.95. The molecule has 2 aliphatic rings. The van der Waals surface area contributed by atoms with Crippen LogP contribution in [0.5, 0.6) is 0 Å². The molecular weight excluding hydrogens is 459 g/mol. The predicted octanol–water partition coefficient (Wildman–Crippen LogP) is 4.67. The van der Waals surface area contributed by atoms with Crippen molar-refractivity contribution in [3.8, 4) is 0 Å². The molecule has 0 radical (unpaired) electrons. The summed E-state index contributed by atoms with van der Waals surface area (Å²) in [6.07, 6.45) is 1.20. The molecule has 0 spiro atoms. The number of carbonyl (C=O) groups is 1. The van der Waals surface area contributed by atoms with Crippen molar-refractivity contribution in [2.45, 2.75) is 44.7 Å². The summed E-state index contributed by atoms with van der Waals surface area (Å²) < 4.78 is 46.9. The molecule has 1 saturated heterocycles. The van der Waals surface area contributed by atoms with Crippen molar-refractivity contribution in [2.24, 2.45) is 0 Å². The second-order valence-electron chi connectivity index (χ2n) is 9.02. The molecule has 188 valence electrons. The number of benzene rings is 1. The molecule has 1 aromatic carbocycles. The van der Waals surface area contributed by atoms with E-state index in [1.807, 2.05) is 4.90 Å². The van der Waals surface area contributed by atoms with Gasteiger partial charge in [0.1, 0.15) is 0 Å². The molecule has 2 aromatic rings. The molecule has 2 aliphatic heterocycles. The number of nitrogens with one attached hydrogen (secondary N) is 1. The van der Waals surface area contributed by atoms with Crippen LogP contribution in [-0.4, -0.2) is 49.1 Å². The smallest absolute Gasteiger partial charge is 0.416 e. The van der Waals surface area contributed by atoms with Crippen molar-refractivity contribution in [3.05, 3.63) is 74.8 Å². The van der Waals surface area contributed by atoms with E-state index in [0.29, 0.717) is 17.9 Å². The second kappa shape index (κ2) is 10.3. The van der Waals surface area contributed by atoms with Crippen LogP contribution in [-0.2, 0) is 15.7 Å². The fourth-order valence-corrected chi connectivity index (χ4v) is 5.29. The Hall–Kier alpha value is -3.07. The zero-order valence-corrected chi connectivity index (χ0v) is 20.0. The molecule has 3 heterocycles. The number of anilines is 1. The number of methoxy groups -OCH3 is 1. The van der Waals surface area contributed by atoms with Gasteiger partial charge in [-0.3, -0.25) is 4.79 Å². The van der Waals surface area contributed by atoms with Crippen LogP contribution in [0.2, 0.25) is 0 Å². The third kappa shape index (κ3) is 5.00. The van der Waals surface area contributed by atoms with E-state index in [-0.39, 0.29) is 16.7 Å². The van der Waals surface area contributed by atoms with Gasteiger partial charge < -0.3 is 19.5 Å². The van der Waals surface area contributed by atoms with Crippen molar-refractivity contribution in [1.29, 1.82) is 0 Å². The Balaban J connectivity index is 1.82. The van der Waals surface area contributed by atoms with Gasteiger partial charge in [-0.2, -0.15) is 13.2 Å². The molecule has 0 amide bonds. The minimum Gasteiger partial charge on any atom is -0.466 e. The largest absolute Gasteiger partial charge is 0.466 e. The topological polar surface area (TPSA) is 65.6 Å². The number of fused-ring (bicyclic) bond motifs is 1. The van der Waals surface area contributed by atoms with E-state index in [4.69, 9.17) is 4.74 Å². The molecule has 0 bridgehead atoms. The number of esters is 1. The van der Waals surface area contributed by atoms with Crippen LogP contribution in [0.3, 0.4) is 0 Å². The van der Waals surface area contributed by atoms with Gasteiger partial charge in [-0.05, 0) is 63.5 Å². The van der Waals surface area contributed by atoms with Crippen molar-refractivity contribution in [1.82, 2.24) is 9.88 Å². The maximum absolute atomic E-state index is 14.0. The zero-order valence-electron chi connectivity index (χ0n) is 20.0. The molecule has 0 aliphatic carbocycles. The van der Waals surface area contributed by atoms with Gasteiger partial charge in [-0.1, -0.05) is 24.6 Å². The number of aromatic nitrogens is 1. The van der Waals surface area contributed by atoms with Gasteiger partial charge in [0.2, 0.25) is 0 Å². The quantitative estimate of drug-likeness (QED) is 0.598. The molecule has 1 aromatic heterocycles. The van der Waals surface area contributed by atoms with Gasteiger partial charge in [0.25, 0.3) is 5.56 Å². The van der Waals surface area contributed by atoms with Gasteiger partial charge >= 0.3 is 12.1 Å². The first-order valence-electron chi connectivity index (χ1n) is 11.9. The van der Waals surface area contributed by atoms with E-state index in [0.717, 1.165) is 32.1 Å². The lowest BCUT2D eigenvalue weighted by atomic mass is 9.78. The summed E-state index contributed by atoms with van der Waals surface area (Å²) in [5, 5.41) is 0. The summed E-state index contributed by atoms with van der Waals surface area (Å²) in [5.41, 5.74) is -0.383. The summed E-state index contributed by atoms with van der Waals surface area (Å²) >= 11 is 0. The number of halogens is 3. The maximum Gasteiger partial charge on any atom is 0.416 e. The highest BCUT2D eigenvalue weighted by Gasteiger charge is 2.43. The Kier molecular flexibility index (Phi) is 7.35. The number of alkyl halides is 3. The minimum absolute atomic E-state index is 0.0476. The molecule has 1 atom stereocenters. The summed E-state index contributed by atoms with van der Waals surface area (Å²) in [4.78, 5) is 33.0. The third-order valence-corrected chi connectivity index (χ3v) is 6.93. The van der Waals surface area contributed by atoms with Crippen molar-refractivity contribution in [2.75, 3.05) is 38.2 Å². The molecule has 4 rings (SSSR count). The fourth-order valence-electron chi connectivity index (χ4n) is 5.29. The average Bonchev–Trinajstić information content (AvgIpc) is 2.84. The third-order valence-electron chi connectivity index (χ3n) is 6.93. The number of nitrogens with zero attached hydrogens (tertiary/aromatic N) is 2. The highest BCUT2D eigenvalue weighted by atomic mass is 19.4. The summed E-state index contributed by atoms with van der Waals surface area (Å²) in [6.45, 7) is 5.20. The van der Waals surface area contributed by atoms with Crippen LogP contribution in [0.25, 0.3) is 0 Å². The molecule has 1 fully saturated rings. The lowest BCUT2D eigenvalue weighted by molar-refractivity contribution is -0.139. The SMILES string of the molecule is COC(=O)C1=C(C)N(CCCN2CCCCC2)c2cc[nH]c(=O)c2C1c1ccccc1C(F)(F)F. The average molecular weight is 490 g/mol. The number of hydrogen-bond acceptors (Lipinski definition) is 5. The van der Waals surface area contributed by atoms with Crippen LogP contribution < -0.4 is 10.5 Å². The predicted molar refractivity (Wildman–Crippen MR) is 127 cm³/mol. The number of rotatable bonds is 6. The Morgan fingerprint density at radius 2 is 1.83 bits per heavy atom.